The van der Waals surface area contributed by atoms with Gasteiger partial charge in [0.1, 0.15) is 0 Å². The van der Waals surface area contributed by atoms with Gasteiger partial charge in [0.05, 0.1) is 0 Å². The Bertz CT molecular complexity index is 327. The van der Waals surface area contributed by atoms with Crippen molar-refractivity contribution in [3.05, 3.63) is 0 Å². The van der Waals surface area contributed by atoms with E-state index < -0.39 is 0 Å². The van der Waals surface area contributed by atoms with E-state index in [2.05, 4.69) is 6.92 Å². The Labute approximate surface area is 126 Å². The van der Waals surface area contributed by atoms with Crippen LogP contribution in [0.15, 0.2) is 0 Å². The topological polar surface area (TPSA) is 0 Å². The Morgan fingerprint density at radius 3 is 1.95 bits per heavy atom. The van der Waals surface area contributed by atoms with Gasteiger partial charge < -0.3 is 0 Å². The van der Waals surface area contributed by atoms with Crippen molar-refractivity contribution < 1.29 is 0 Å². The van der Waals surface area contributed by atoms with Gasteiger partial charge in [-0.2, -0.15) is 0 Å². The normalized spacial score (nSPS) is 49.6. The van der Waals surface area contributed by atoms with Crippen molar-refractivity contribution in [2.24, 2.45) is 41.4 Å². The third kappa shape index (κ3) is 2.26. The summed E-state index contributed by atoms with van der Waals surface area (Å²) in [4.78, 5) is 0. The summed E-state index contributed by atoms with van der Waals surface area (Å²) in [6.45, 7) is 2.64. The predicted octanol–water partition coefficient (Wildman–Crippen LogP) is 6.06. The van der Waals surface area contributed by atoms with Crippen molar-refractivity contribution >= 4 is 0 Å². The molecule has 4 aliphatic carbocycles. The minimum Gasteiger partial charge on any atom is -0.0620 e. The van der Waals surface area contributed by atoms with E-state index in [0.29, 0.717) is 0 Å². The molecule has 0 aliphatic heterocycles. The second-order valence-corrected chi connectivity index (χ2v) is 8.77. The molecule has 0 amide bonds. The van der Waals surface area contributed by atoms with Crippen LogP contribution in [0.4, 0.5) is 0 Å². The molecule has 0 N–H and O–H groups in total. The molecule has 0 heteroatoms. The first kappa shape index (κ1) is 13.6. The van der Waals surface area contributed by atoms with Crippen molar-refractivity contribution in [1.29, 1.82) is 0 Å². The number of hydrogen-bond donors (Lipinski definition) is 0. The second kappa shape index (κ2) is 5.65. The summed E-state index contributed by atoms with van der Waals surface area (Å²) in [5, 5.41) is 0. The molecule has 0 bridgehead atoms. The summed E-state index contributed by atoms with van der Waals surface area (Å²) in [5.74, 6) is 7.87. The Morgan fingerprint density at radius 2 is 1.15 bits per heavy atom. The molecular formula is C20H34. The summed E-state index contributed by atoms with van der Waals surface area (Å²) >= 11 is 0. The lowest BCUT2D eigenvalue weighted by Crippen LogP contribution is -2.31. The average molecular weight is 274 g/mol. The van der Waals surface area contributed by atoms with Gasteiger partial charge in [-0.15, -0.1) is 0 Å². The van der Waals surface area contributed by atoms with Crippen LogP contribution < -0.4 is 0 Å². The van der Waals surface area contributed by atoms with Crippen molar-refractivity contribution in [2.75, 3.05) is 0 Å². The second-order valence-electron chi connectivity index (χ2n) is 8.77. The molecule has 6 unspecified atom stereocenters. The van der Waals surface area contributed by atoms with Crippen LogP contribution in [0.5, 0.6) is 0 Å². The van der Waals surface area contributed by atoms with Crippen molar-refractivity contribution in [1.82, 2.24) is 0 Å². The molecular weight excluding hydrogens is 240 g/mol. The van der Waals surface area contributed by atoms with Crippen LogP contribution in [-0.2, 0) is 0 Å². The van der Waals surface area contributed by atoms with E-state index in [9.17, 15) is 0 Å². The molecule has 6 atom stereocenters. The Hall–Kier alpha value is 0. The fourth-order valence-electron chi connectivity index (χ4n) is 7.12. The number of fused-ring (bicyclic) bond motifs is 3. The maximum atomic E-state index is 2.64. The van der Waals surface area contributed by atoms with Gasteiger partial charge in [0.25, 0.3) is 0 Å². The summed E-state index contributed by atoms with van der Waals surface area (Å²) in [6.07, 6.45) is 18.8. The molecule has 0 nitrogen and oxygen atoms in total. The van der Waals surface area contributed by atoms with Crippen molar-refractivity contribution in [3.8, 4) is 0 Å². The third-order valence-electron chi connectivity index (χ3n) is 8.09. The molecule has 0 heterocycles. The first-order chi connectivity index (χ1) is 9.84. The minimum atomic E-state index is 1.07. The SMILES string of the molecule is CC1C2CCCCC2C2CCC(C3CCCCC3)CC12. The Balaban J connectivity index is 1.45. The molecule has 0 saturated heterocycles. The summed E-state index contributed by atoms with van der Waals surface area (Å²) in [5.41, 5.74) is 0. The fraction of sp³-hybridized carbons (Fsp3) is 1.00. The first-order valence-electron chi connectivity index (χ1n) is 9.84. The zero-order valence-corrected chi connectivity index (χ0v) is 13.5. The molecule has 4 saturated carbocycles. The highest BCUT2D eigenvalue weighted by molar-refractivity contribution is 5.00. The van der Waals surface area contributed by atoms with Gasteiger partial charge in [0, 0.05) is 0 Å². The maximum absolute atomic E-state index is 2.64. The predicted molar refractivity (Wildman–Crippen MR) is 85.5 cm³/mol. The Kier molecular flexibility index (Phi) is 3.86. The van der Waals surface area contributed by atoms with Crippen LogP contribution in [0.25, 0.3) is 0 Å². The van der Waals surface area contributed by atoms with E-state index >= 15 is 0 Å². The molecule has 0 aromatic heterocycles. The summed E-state index contributed by atoms with van der Waals surface area (Å²) < 4.78 is 0. The lowest BCUT2D eigenvalue weighted by atomic mass is 9.65. The minimum absolute atomic E-state index is 1.07. The van der Waals surface area contributed by atoms with Gasteiger partial charge in [-0.1, -0.05) is 51.9 Å². The summed E-state index contributed by atoms with van der Waals surface area (Å²) in [7, 11) is 0. The van der Waals surface area contributed by atoms with Crippen LogP contribution in [0, 0.1) is 41.4 Å². The third-order valence-corrected chi connectivity index (χ3v) is 8.09. The van der Waals surface area contributed by atoms with Crippen LogP contribution >= 0.6 is 0 Å². The van der Waals surface area contributed by atoms with E-state index in [1.165, 1.54) is 25.7 Å². The molecule has 0 aromatic carbocycles. The molecule has 114 valence electrons. The van der Waals surface area contributed by atoms with E-state index in [-0.39, 0.29) is 0 Å². The van der Waals surface area contributed by atoms with Gasteiger partial charge in [-0.3, -0.25) is 0 Å². The van der Waals surface area contributed by atoms with Gasteiger partial charge in [0.15, 0.2) is 0 Å². The van der Waals surface area contributed by atoms with Crippen LogP contribution in [0.1, 0.15) is 84.0 Å². The molecule has 4 aliphatic rings. The van der Waals surface area contributed by atoms with Crippen LogP contribution in [0.2, 0.25) is 0 Å². The lowest BCUT2D eigenvalue weighted by molar-refractivity contribution is 0.0998. The molecule has 0 spiro atoms. The van der Waals surface area contributed by atoms with E-state index in [1.54, 1.807) is 51.4 Å². The van der Waals surface area contributed by atoms with Gasteiger partial charge >= 0.3 is 0 Å². The van der Waals surface area contributed by atoms with Gasteiger partial charge in [0.2, 0.25) is 0 Å². The van der Waals surface area contributed by atoms with E-state index in [0.717, 1.165) is 41.4 Å². The lowest BCUT2D eigenvalue weighted by Gasteiger charge is -2.40. The highest BCUT2D eigenvalue weighted by Crippen LogP contribution is 2.59. The average Bonchev–Trinajstić information content (AvgIpc) is 2.81. The molecule has 0 aromatic rings. The first-order valence-corrected chi connectivity index (χ1v) is 9.84. The monoisotopic (exact) mass is 274 g/mol. The number of hydrogen-bond acceptors (Lipinski definition) is 0. The molecule has 4 rings (SSSR count). The largest absolute Gasteiger partial charge is 0.0620 e. The fourth-order valence-corrected chi connectivity index (χ4v) is 7.12. The van der Waals surface area contributed by atoms with E-state index in [4.69, 9.17) is 0 Å². The standard InChI is InChI=1S/C20H34/c1-14-17-9-5-6-10-18(17)19-12-11-16(13-20(14)19)15-7-3-2-4-8-15/h14-20H,2-13H2,1H3. The van der Waals surface area contributed by atoms with Crippen molar-refractivity contribution in [2.45, 2.75) is 84.0 Å². The van der Waals surface area contributed by atoms with E-state index in [1.807, 2.05) is 0 Å². The zero-order valence-electron chi connectivity index (χ0n) is 13.5. The summed E-state index contributed by atoms with van der Waals surface area (Å²) in [6, 6.07) is 0. The van der Waals surface area contributed by atoms with Crippen molar-refractivity contribution in [3.63, 3.8) is 0 Å². The molecule has 20 heavy (non-hydrogen) atoms. The number of rotatable bonds is 1. The quantitative estimate of drug-likeness (QED) is 0.545. The van der Waals surface area contributed by atoms with Gasteiger partial charge in [-0.05, 0) is 73.5 Å². The van der Waals surface area contributed by atoms with Crippen LogP contribution in [-0.4, -0.2) is 0 Å². The maximum Gasteiger partial charge on any atom is -0.0352 e. The smallest absolute Gasteiger partial charge is 0.0352 e. The molecule has 0 radical (unpaired) electrons. The highest BCUT2D eigenvalue weighted by Gasteiger charge is 2.50. The zero-order chi connectivity index (χ0) is 13.5. The highest BCUT2D eigenvalue weighted by atomic mass is 14.6. The Morgan fingerprint density at radius 1 is 0.500 bits per heavy atom. The van der Waals surface area contributed by atoms with Crippen LogP contribution in [0.3, 0.4) is 0 Å². The van der Waals surface area contributed by atoms with Gasteiger partial charge in [-0.25, -0.2) is 0 Å². The molecule has 4 fully saturated rings.